The Morgan fingerprint density at radius 1 is 0.919 bits per heavy atom. The van der Waals surface area contributed by atoms with E-state index in [2.05, 4.69) is 72.2 Å². The zero-order valence-corrected chi connectivity index (χ0v) is 21.7. The topological polar surface area (TPSA) is 68.9 Å². The molecule has 192 valence electrons. The van der Waals surface area contributed by atoms with Crippen LogP contribution in [0.25, 0.3) is 10.9 Å². The molecular formula is C31H35N3O3. The largest absolute Gasteiger partial charge is 0.508 e. The second-order valence-electron chi connectivity index (χ2n) is 10.2. The fourth-order valence-electron chi connectivity index (χ4n) is 5.87. The van der Waals surface area contributed by atoms with Crippen LogP contribution in [0.1, 0.15) is 54.0 Å². The lowest BCUT2D eigenvalue weighted by Crippen LogP contribution is -2.56. The minimum Gasteiger partial charge on any atom is -0.508 e. The lowest BCUT2D eigenvalue weighted by Gasteiger charge is -2.47. The van der Waals surface area contributed by atoms with Crippen molar-refractivity contribution in [2.75, 3.05) is 13.1 Å². The van der Waals surface area contributed by atoms with Crippen molar-refractivity contribution in [1.82, 2.24) is 14.4 Å². The molecular weight excluding hydrogens is 462 g/mol. The van der Waals surface area contributed by atoms with Crippen molar-refractivity contribution >= 4 is 16.9 Å². The van der Waals surface area contributed by atoms with Gasteiger partial charge in [-0.15, -0.1) is 0 Å². The van der Waals surface area contributed by atoms with Crippen molar-refractivity contribution in [1.29, 1.82) is 0 Å². The molecule has 37 heavy (non-hydrogen) atoms. The van der Waals surface area contributed by atoms with Gasteiger partial charge in [-0.3, -0.25) is 9.80 Å². The minimum atomic E-state index is -0.916. The van der Waals surface area contributed by atoms with E-state index < -0.39 is 5.97 Å². The number of aromatic nitrogens is 1. The van der Waals surface area contributed by atoms with Crippen molar-refractivity contribution in [3.8, 4) is 5.75 Å². The van der Waals surface area contributed by atoms with Gasteiger partial charge in [-0.05, 0) is 67.8 Å². The zero-order chi connectivity index (χ0) is 26.1. The predicted octanol–water partition coefficient (Wildman–Crippen LogP) is 5.75. The summed E-state index contributed by atoms with van der Waals surface area (Å²) in [5.41, 5.74) is 4.68. The highest BCUT2D eigenvalue weighted by molar-refractivity contribution is 5.95. The van der Waals surface area contributed by atoms with Gasteiger partial charge < -0.3 is 14.8 Å². The van der Waals surface area contributed by atoms with Crippen molar-refractivity contribution in [2.45, 2.75) is 52.0 Å². The third kappa shape index (κ3) is 4.99. The Labute approximate surface area is 218 Å². The number of rotatable bonds is 7. The van der Waals surface area contributed by atoms with E-state index in [0.29, 0.717) is 18.3 Å². The monoisotopic (exact) mass is 497 g/mol. The molecule has 6 nitrogen and oxygen atoms in total. The summed E-state index contributed by atoms with van der Waals surface area (Å²) < 4.78 is 1.85. The second-order valence-corrected chi connectivity index (χ2v) is 10.2. The standard InChI is InChI=1S/C31H35N3O3/c1-4-33-28-14-13-25(15-26(28)17-29(33)31(36)37)30(24-11-8-12-27(35)16-24)34-19-21(2)32(18-22(34)3)20-23-9-6-5-7-10-23/h5-17,21-22,30,35H,4,18-20H2,1-3H3,(H,36,37)/t21-,22+,30+/m1/s1. The number of benzene rings is 3. The average Bonchev–Trinajstić information content (AvgIpc) is 3.26. The number of aromatic carboxylic acids is 1. The molecule has 5 rings (SSSR count). The molecule has 3 aromatic carbocycles. The molecule has 0 saturated carbocycles. The van der Waals surface area contributed by atoms with Crippen LogP contribution in [-0.2, 0) is 13.1 Å². The third-order valence-corrected chi connectivity index (χ3v) is 7.69. The fourth-order valence-corrected chi connectivity index (χ4v) is 5.87. The molecule has 2 N–H and O–H groups in total. The number of phenolic OH excluding ortho intramolecular Hbond substituents is 1. The van der Waals surface area contributed by atoms with E-state index in [9.17, 15) is 15.0 Å². The Morgan fingerprint density at radius 3 is 2.38 bits per heavy atom. The molecule has 0 aliphatic carbocycles. The van der Waals surface area contributed by atoms with Gasteiger partial charge >= 0.3 is 5.97 Å². The van der Waals surface area contributed by atoms with E-state index >= 15 is 0 Å². The Hall–Kier alpha value is -3.61. The van der Waals surface area contributed by atoms with Gasteiger partial charge in [0.2, 0.25) is 0 Å². The number of fused-ring (bicyclic) bond motifs is 1. The first-order valence-corrected chi connectivity index (χ1v) is 13.0. The highest BCUT2D eigenvalue weighted by atomic mass is 16.4. The maximum absolute atomic E-state index is 11.9. The van der Waals surface area contributed by atoms with Gasteiger partial charge in [0.05, 0.1) is 6.04 Å². The number of carboxylic acid groups (broad SMARTS) is 1. The second kappa shape index (κ2) is 10.4. The first kappa shape index (κ1) is 25.1. The highest BCUT2D eigenvalue weighted by Crippen LogP contribution is 2.36. The van der Waals surface area contributed by atoms with E-state index in [4.69, 9.17) is 0 Å². The molecule has 1 saturated heterocycles. The number of hydrogen-bond acceptors (Lipinski definition) is 4. The normalized spacial score (nSPS) is 19.8. The van der Waals surface area contributed by atoms with E-state index in [0.717, 1.165) is 41.7 Å². The molecule has 1 aliphatic rings. The van der Waals surface area contributed by atoms with Gasteiger partial charge in [-0.2, -0.15) is 0 Å². The number of nitrogens with zero attached hydrogens (tertiary/aromatic N) is 3. The summed E-state index contributed by atoms with van der Waals surface area (Å²) in [7, 11) is 0. The quantitative estimate of drug-likeness (QED) is 0.340. The number of carbonyl (C=O) groups is 1. The van der Waals surface area contributed by atoms with Crippen molar-refractivity contribution < 1.29 is 15.0 Å². The van der Waals surface area contributed by atoms with Crippen LogP contribution in [-0.4, -0.2) is 55.7 Å². The highest BCUT2D eigenvalue weighted by Gasteiger charge is 2.35. The zero-order valence-electron chi connectivity index (χ0n) is 21.7. The summed E-state index contributed by atoms with van der Waals surface area (Å²) in [4.78, 5) is 16.9. The first-order chi connectivity index (χ1) is 17.9. The summed E-state index contributed by atoms with van der Waals surface area (Å²) in [6.45, 7) is 9.85. The molecule has 2 heterocycles. The van der Waals surface area contributed by atoms with Crippen LogP contribution in [0, 0.1) is 0 Å². The van der Waals surface area contributed by atoms with Crippen LogP contribution in [0.5, 0.6) is 5.75 Å². The third-order valence-electron chi connectivity index (χ3n) is 7.69. The lowest BCUT2D eigenvalue weighted by atomic mass is 9.92. The van der Waals surface area contributed by atoms with Gasteiger partial charge in [0.1, 0.15) is 11.4 Å². The van der Waals surface area contributed by atoms with E-state index in [-0.39, 0.29) is 17.8 Å². The Balaban J connectivity index is 1.52. The molecule has 4 aromatic rings. The van der Waals surface area contributed by atoms with Crippen LogP contribution >= 0.6 is 0 Å². The van der Waals surface area contributed by atoms with E-state index in [1.54, 1.807) is 12.1 Å². The molecule has 0 spiro atoms. The number of aromatic hydroxyl groups is 1. The van der Waals surface area contributed by atoms with Crippen LogP contribution in [0.15, 0.2) is 78.9 Å². The van der Waals surface area contributed by atoms with E-state index in [1.807, 2.05) is 29.7 Å². The van der Waals surface area contributed by atoms with Crippen LogP contribution in [0.2, 0.25) is 0 Å². The molecule has 0 radical (unpaired) electrons. The van der Waals surface area contributed by atoms with Crippen LogP contribution < -0.4 is 0 Å². The maximum Gasteiger partial charge on any atom is 0.352 e. The van der Waals surface area contributed by atoms with Crippen molar-refractivity contribution in [2.24, 2.45) is 0 Å². The first-order valence-electron chi connectivity index (χ1n) is 13.0. The van der Waals surface area contributed by atoms with Gasteiger partial charge in [0.15, 0.2) is 0 Å². The molecule has 3 atom stereocenters. The number of carboxylic acids is 1. The molecule has 0 bridgehead atoms. The van der Waals surface area contributed by atoms with Gasteiger partial charge in [-0.1, -0.05) is 48.5 Å². The minimum absolute atomic E-state index is 0.0638. The van der Waals surface area contributed by atoms with Gasteiger partial charge in [-0.25, -0.2) is 4.79 Å². The molecule has 0 unspecified atom stereocenters. The van der Waals surface area contributed by atoms with Crippen LogP contribution in [0.4, 0.5) is 0 Å². The molecule has 1 aliphatic heterocycles. The van der Waals surface area contributed by atoms with Crippen molar-refractivity contribution in [3.63, 3.8) is 0 Å². The Bertz CT molecular complexity index is 1400. The number of hydrogen-bond donors (Lipinski definition) is 2. The smallest absolute Gasteiger partial charge is 0.352 e. The number of phenols is 1. The fraction of sp³-hybridized carbons (Fsp3) is 0.323. The number of piperazine rings is 1. The molecule has 1 fully saturated rings. The van der Waals surface area contributed by atoms with Gasteiger partial charge in [0, 0.05) is 49.2 Å². The van der Waals surface area contributed by atoms with Crippen molar-refractivity contribution in [3.05, 3.63) is 101 Å². The summed E-state index contributed by atoms with van der Waals surface area (Å²) >= 11 is 0. The average molecular weight is 498 g/mol. The maximum atomic E-state index is 11.9. The van der Waals surface area contributed by atoms with Gasteiger partial charge in [0.25, 0.3) is 0 Å². The lowest BCUT2D eigenvalue weighted by molar-refractivity contribution is 0.0195. The van der Waals surface area contributed by atoms with Crippen LogP contribution in [0.3, 0.4) is 0 Å². The Morgan fingerprint density at radius 2 is 1.68 bits per heavy atom. The SMILES string of the molecule is CCn1c(C(=O)O)cc2cc([C@H](c3cccc(O)c3)N3C[C@@H](C)N(Cc4ccccc4)C[C@@H]3C)ccc21. The number of aryl methyl sites for hydroxylation is 1. The summed E-state index contributed by atoms with van der Waals surface area (Å²) in [6.07, 6.45) is 0. The Kier molecular flexibility index (Phi) is 7.04. The molecule has 0 amide bonds. The van der Waals surface area contributed by atoms with E-state index in [1.165, 1.54) is 5.56 Å². The summed E-state index contributed by atoms with van der Waals surface area (Å²) in [6, 6.07) is 26.7. The molecule has 6 heteroatoms. The predicted molar refractivity (Wildman–Crippen MR) is 147 cm³/mol. The summed E-state index contributed by atoms with van der Waals surface area (Å²) in [5, 5.41) is 21.0. The molecule has 1 aromatic heterocycles. The summed E-state index contributed by atoms with van der Waals surface area (Å²) in [5.74, 6) is -0.668.